The molecule has 4 heteroatoms. The van der Waals surface area contributed by atoms with Crippen molar-refractivity contribution < 1.29 is 0 Å². The van der Waals surface area contributed by atoms with Crippen LogP contribution in [0.5, 0.6) is 0 Å². The maximum Gasteiger partial charge on any atom is 0.115 e. The third-order valence-electron chi connectivity index (χ3n) is 2.66. The number of nitrogens with zero attached hydrogens (tertiary/aromatic N) is 1. The fourth-order valence-corrected chi connectivity index (χ4v) is 3.61. The van der Waals surface area contributed by atoms with Crippen LogP contribution in [0, 0.1) is 6.92 Å². The Bertz CT molecular complexity index is 446. The summed E-state index contributed by atoms with van der Waals surface area (Å²) in [5.74, 6) is 0. The first kappa shape index (κ1) is 11.8. The lowest BCUT2D eigenvalue weighted by Gasteiger charge is -2.11. The van der Waals surface area contributed by atoms with E-state index in [4.69, 9.17) is 4.98 Å². The lowest BCUT2D eigenvalue weighted by Crippen LogP contribution is -2.16. The zero-order valence-corrected chi connectivity index (χ0v) is 11.4. The van der Waals surface area contributed by atoms with Gasteiger partial charge in [0.25, 0.3) is 0 Å². The van der Waals surface area contributed by atoms with E-state index >= 15 is 0 Å². The van der Waals surface area contributed by atoms with Crippen molar-refractivity contribution in [2.24, 2.45) is 0 Å². The van der Waals surface area contributed by atoms with Crippen LogP contribution in [0.4, 0.5) is 0 Å². The molecule has 86 valence electrons. The summed E-state index contributed by atoms with van der Waals surface area (Å²) in [6.07, 6.45) is 1.02. The first-order chi connectivity index (χ1) is 7.76. The third kappa shape index (κ3) is 2.19. The summed E-state index contributed by atoms with van der Waals surface area (Å²) in [5, 5.41) is 8.81. The van der Waals surface area contributed by atoms with Crippen LogP contribution in [0.3, 0.4) is 0 Å². The molecule has 0 aliphatic carbocycles. The molecule has 2 heterocycles. The topological polar surface area (TPSA) is 24.9 Å². The van der Waals surface area contributed by atoms with Crippen molar-refractivity contribution in [2.45, 2.75) is 26.3 Å². The molecule has 0 aliphatic heterocycles. The molecule has 0 aromatic carbocycles. The van der Waals surface area contributed by atoms with E-state index in [1.807, 2.05) is 7.05 Å². The van der Waals surface area contributed by atoms with Crippen molar-refractivity contribution in [3.8, 4) is 0 Å². The van der Waals surface area contributed by atoms with Crippen molar-refractivity contribution in [2.75, 3.05) is 7.05 Å². The van der Waals surface area contributed by atoms with Crippen LogP contribution >= 0.6 is 22.7 Å². The minimum absolute atomic E-state index is 0.246. The molecule has 0 saturated heterocycles. The first-order valence-electron chi connectivity index (χ1n) is 5.41. The number of thiophene rings is 1. The van der Waals surface area contributed by atoms with Gasteiger partial charge in [-0.25, -0.2) is 4.98 Å². The van der Waals surface area contributed by atoms with Gasteiger partial charge in [0, 0.05) is 4.88 Å². The Kier molecular flexibility index (Phi) is 3.74. The smallest absolute Gasteiger partial charge is 0.115 e. The van der Waals surface area contributed by atoms with Gasteiger partial charge in [-0.3, -0.25) is 0 Å². The standard InChI is InChI=1S/C12H16N2S2/c1-4-10-8(2)16-12(14-10)11(13-3)9-5-6-15-7-9/h5-7,11,13H,4H2,1-3H3. The Labute approximate surface area is 104 Å². The summed E-state index contributed by atoms with van der Waals surface area (Å²) in [6.45, 7) is 4.31. The Morgan fingerprint density at radius 1 is 1.50 bits per heavy atom. The molecule has 0 radical (unpaired) electrons. The second-order valence-corrected chi connectivity index (χ2v) is 5.70. The van der Waals surface area contributed by atoms with E-state index in [1.165, 1.54) is 21.1 Å². The minimum atomic E-state index is 0.246. The number of thiazole rings is 1. The minimum Gasteiger partial charge on any atom is -0.307 e. The average molecular weight is 252 g/mol. The number of aryl methyl sites for hydroxylation is 2. The third-order valence-corrected chi connectivity index (χ3v) is 4.44. The van der Waals surface area contributed by atoms with Gasteiger partial charge in [0.15, 0.2) is 0 Å². The molecule has 0 fully saturated rings. The van der Waals surface area contributed by atoms with Gasteiger partial charge >= 0.3 is 0 Å². The SMILES string of the molecule is CCc1nc(C(NC)c2ccsc2)sc1C. The molecule has 16 heavy (non-hydrogen) atoms. The molecular weight excluding hydrogens is 236 g/mol. The summed E-state index contributed by atoms with van der Waals surface area (Å²) in [4.78, 5) is 6.06. The predicted octanol–water partition coefficient (Wildman–Crippen LogP) is 3.38. The summed E-state index contributed by atoms with van der Waals surface area (Å²) >= 11 is 3.53. The maximum absolute atomic E-state index is 4.72. The van der Waals surface area contributed by atoms with E-state index in [2.05, 4.69) is 36.0 Å². The summed E-state index contributed by atoms with van der Waals surface area (Å²) < 4.78 is 0. The van der Waals surface area contributed by atoms with Crippen molar-refractivity contribution >= 4 is 22.7 Å². The Balaban J connectivity index is 2.34. The van der Waals surface area contributed by atoms with E-state index in [1.54, 1.807) is 22.7 Å². The number of aromatic nitrogens is 1. The Morgan fingerprint density at radius 3 is 2.81 bits per heavy atom. The lowest BCUT2D eigenvalue weighted by atomic mass is 10.1. The van der Waals surface area contributed by atoms with E-state index in [0.717, 1.165) is 6.42 Å². The predicted molar refractivity (Wildman–Crippen MR) is 71.5 cm³/mol. The normalized spacial score (nSPS) is 12.9. The monoisotopic (exact) mass is 252 g/mol. The molecule has 2 aromatic rings. The number of rotatable bonds is 4. The molecular formula is C12H16N2S2. The van der Waals surface area contributed by atoms with Crippen LogP contribution in [-0.4, -0.2) is 12.0 Å². The molecule has 0 bridgehead atoms. The Morgan fingerprint density at radius 2 is 2.31 bits per heavy atom. The molecule has 1 atom stereocenters. The molecule has 0 spiro atoms. The molecule has 0 saturated carbocycles. The molecule has 0 amide bonds. The fourth-order valence-electron chi connectivity index (χ4n) is 1.77. The molecule has 0 aliphatic rings. The average Bonchev–Trinajstić information content (AvgIpc) is 2.89. The highest BCUT2D eigenvalue weighted by molar-refractivity contribution is 7.11. The summed E-state index contributed by atoms with van der Waals surface area (Å²) in [5.41, 5.74) is 2.54. The van der Waals surface area contributed by atoms with Crippen LogP contribution in [0.15, 0.2) is 16.8 Å². The molecule has 2 rings (SSSR count). The zero-order valence-electron chi connectivity index (χ0n) is 9.78. The first-order valence-corrected chi connectivity index (χ1v) is 7.17. The van der Waals surface area contributed by atoms with E-state index in [9.17, 15) is 0 Å². The number of nitrogens with one attached hydrogen (secondary N) is 1. The van der Waals surface area contributed by atoms with Gasteiger partial charge < -0.3 is 5.32 Å². The van der Waals surface area contributed by atoms with Crippen molar-refractivity contribution in [1.29, 1.82) is 0 Å². The molecule has 1 N–H and O–H groups in total. The van der Waals surface area contributed by atoms with E-state index < -0.39 is 0 Å². The highest BCUT2D eigenvalue weighted by Gasteiger charge is 2.17. The highest BCUT2D eigenvalue weighted by atomic mass is 32.1. The van der Waals surface area contributed by atoms with E-state index in [-0.39, 0.29) is 6.04 Å². The van der Waals surface area contributed by atoms with Gasteiger partial charge in [-0.2, -0.15) is 11.3 Å². The molecule has 2 aromatic heterocycles. The summed E-state index contributed by atoms with van der Waals surface area (Å²) in [7, 11) is 1.99. The van der Waals surface area contributed by atoms with Gasteiger partial charge in [-0.15, -0.1) is 11.3 Å². The van der Waals surface area contributed by atoms with E-state index in [0.29, 0.717) is 0 Å². The number of hydrogen-bond acceptors (Lipinski definition) is 4. The van der Waals surface area contributed by atoms with Gasteiger partial charge in [-0.1, -0.05) is 6.92 Å². The second kappa shape index (κ2) is 5.08. The lowest BCUT2D eigenvalue weighted by molar-refractivity contribution is 0.686. The molecule has 1 unspecified atom stereocenters. The van der Waals surface area contributed by atoms with Gasteiger partial charge in [0.2, 0.25) is 0 Å². The van der Waals surface area contributed by atoms with Crippen molar-refractivity contribution in [3.63, 3.8) is 0 Å². The fraction of sp³-hybridized carbons (Fsp3) is 0.417. The van der Waals surface area contributed by atoms with Crippen molar-refractivity contribution in [3.05, 3.63) is 38.0 Å². The van der Waals surface area contributed by atoms with Crippen LogP contribution in [0.25, 0.3) is 0 Å². The summed E-state index contributed by atoms with van der Waals surface area (Å²) in [6, 6.07) is 2.41. The van der Waals surface area contributed by atoms with Gasteiger partial charge in [0.05, 0.1) is 11.7 Å². The van der Waals surface area contributed by atoms with Crippen LogP contribution in [0.2, 0.25) is 0 Å². The maximum atomic E-state index is 4.72. The number of hydrogen-bond donors (Lipinski definition) is 1. The van der Waals surface area contributed by atoms with Crippen LogP contribution in [-0.2, 0) is 6.42 Å². The largest absolute Gasteiger partial charge is 0.307 e. The molecule has 2 nitrogen and oxygen atoms in total. The highest BCUT2D eigenvalue weighted by Crippen LogP contribution is 2.29. The van der Waals surface area contributed by atoms with Gasteiger partial charge in [0.1, 0.15) is 5.01 Å². The quantitative estimate of drug-likeness (QED) is 0.902. The van der Waals surface area contributed by atoms with Crippen molar-refractivity contribution in [1.82, 2.24) is 10.3 Å². The second-order valence-electron chi connectivity index (χ2n) is 3.69. The van der Waals surface area contributed by atoms with Gasteiger partial charge in [-0.05, 0) is 42.8 Å². The Hall–Kier alpha value is -0.710. The zero-order chi connectivity index (χ0) is 11.5. The van der Waals surface area contributed by atoms with Crippen LogP contribution in [0.1, 0.15) is 34.1 Å². The van der Waals surface area contributed by atoms with Crippen LogP contribution < -0.4 is 5.32 Å².